The number of rotatable bonds is 6. The largest absolute Gasteiger partial charge is 0.229 e. The van der Waals surface area contributed by atoms with Gasteiger partial charge >= 0.3 is 0 Å². The van der Waals surface area contributed by atoms with Crippen molar-refractivity contribution < 1.29 is 8.42 Å². The van der Waals surface area contributed by atoms with Crippen molar-refractivity contribution in [2.45, 2.75) is 13.8 Å². The van der Waals surface area contributed by atoms with Gasteiger partial charge in [0.15, 0.2) is 0 Å². The maximum atomic E-state index is 10.8. The number of thiol groups is 1. The van der Waals surface area contributed by atoms with Crippen molar-refractivity contribution in [2.24, 2.45) is 5.41 Å². The first-order valence-electron chi connectivity index (χ1n) is 4.13. The highest BCUT2D eigenvalue weighted by atomic mass is 32.2. The number of hydrogen-bond acceptors (Lipinski definition) is 4. The molecule has 0 aromatic heterocycles. The molecule has 0 aliphatic rings. The molecule has 5 heteroatoms. The lowest BCUT2D eigenvalue weighted by molar-refractivity contribution is 0.494. The summed E-state index contributed by atoms with van der Waals surface area (Å²) < 4.78 is 21.6. The molecule has 0 saturated heterocycles. The summed E-state index contributed by atoms with van der Waals surface area (Å²) >= 11 is 5.91. The summed E-state index contributed by atoms with van der Waals surface area (Å²) in [6, 6.07) is 0. The van der Waals surface area contributed by atoms with Crippen LogP contribution < -0.4 is 0 Å². The van der Waals surface area contributed by atoms with Crippen LogP contribution in [-0.2, 0) is 9.84 Å². The van der Waals surface area contributed by atoms with E-state index >= 15 is 0 Å². The molecule has 0 unspecified atom stereocenters. The fraction of sp³-hybridized carbons (Fsp3) is 1.00. The van der Waals surface area contributed by atoms with Gasteiger partial charge in [0.05, 0.1) is 5.75 Å². The minimum Gasteiger partial charge on any atom is -0.229 e. The number of thioether (sulfide) groups is 1. The molecule has 0 rings (SSSR count). The summed E-state index contributed by atoms with van der Waals surface area (Å²) in [5.41, 5.74) is 0.200. The molecule has 0 saturated carbocycles. The van der Waals surface area contributed by atoms with Crippen molar-refractivity contribution in [1.82, 2.24) is 0 Å². The van der Waals surface area contributed by atoms with Gasteiger partial charge in [0.1, 0.15) is 9.84 Å². The first kappa shape index (κ1) is 13.7. The maximum absolute atomic E-state index is 10.8. The van der Waals surface area contributed by atoms with Crippen LogP contribution in [0.1, 0.15) is 13.8 Å². The Kier molecular flexibility index (Phi) is 5.79. The number of sulfone groups is 1. The Labute approximate surface area is 91.2 Å². The van der Waals surface area contributed by atoms with E-state index in [4.69, 9.17) is 0 Å². The van der Waals surface area contributed by atoms with Crippen LogP contribution in [0.25, 0.3) is 0 Å². The highest BCUT2D eigenvalue weighted by Crippen LogP contribution is 2.22. The minimum atomic E-state index is -2.79. The van der Waals surface area contributed by atoms with Crippen molar-refractivity contribution in [2.75, 3.05) is 29.3 Å². The molecule has 0 heterocycles. The lowest BCUT2D eigenvalue weighted by atomic mass is 10.0. The lowest BCUT2D eigenvalue weighted by Gasteiger charge is -2.20. The van der Waals surface area contributed by atoms with Gasteiger partial charge in [0.2, 0.25) is 0 Å². The van der Waals surface area contributed by atoms with Crippen LogP contribution in [0, 0.1) is 5.41 Å². The summed E-state index contributed by atoms with van der Waals surface area (Å²) in [5.74, 6) is 2.77. The van der Waals surface area contributed by atoms with Gasteiger partial charge in [-0.15, -0.1) is 0 Å². The van der Waals surface area contributed by atoms with Crippen LogP contribution in [-0.4, -0.2) is 37.7 Å². The van der Waals surface area contributed by atoms with Gasteiger partial charge in [0, 0.05) is 12.0 Å². The van der Waals surface area contributed by atoms with Crippen molar-refractivity contribution in [3.8, 4) is 0 Å². The third-order valence-electron chi connectivity index (χ3n) is 1.52. The van der Waals surface area contributed by atoms with Crippen LogP contribution in [0.5, 0.6) is 0 Å². The first-order valence-corrected chi connectivity index (χ1v) is 7.98. The Balaban J connectivity index is 3.58. The van der Waals surface area contributed by atoms with E-state index in [1.165, 1.54) is 6.26 Å². The molecule has 0 fully saturated rings. The van der Waals surface area contributed by atoms with E-state index in [1.807, 2.05) is 0 Å². The molecule has 0 amide bonds. The molecule has 0 aliphatic carbocycles. The van der Waals surface area contributed by atoms with Gasteiger partial charge in [-0.25, -0.2) is 8.42 Å². The van der Waals surface area contributed by atoms with Gasteiger partial charge < -0.3 is 0 Å². The van der Waals surface area contributed by atoms with E-state index in [0.29, 0.717) is 5.75 Å². The second-order valence-electron chi connectivity index (χ2n) is 4.00. The number of hydrogen-bond donors (Lipinski definition) is 1. The Bertz CT molecular complexity index is 232. The van der Waals surface area contributed by atoms with Crippen LogP contribution in [0.4, 0.5) is 0 Å². The monoisotopic (exact) mass is 242 g/mol. The zero-order chi connectivity index (χ0) is 10.5. The van der Waals surface area contributed by atoms with Crippen LogP contribution >= 0.6 is 24.4 Å². The second kappa shape index (κ2) is 5.51. The summed E-state index contributed by atoms with van der Waals surface area (Å²) in [6.45, 7) is 4.26. The van der Waals surface area contributed by atoms with Crippen molar-refractivity contribution in [3.05, 3.63) is 0 Å². The third kappa shape index (κ3) is 8.97. The summed E-state index contributed by atoms with van der Waals surface area (Å²) in [4.78, 5) is 0. The minimum absolute atomic E-state index is 0.200. The highest BCUT2D eigenvalue weighted by Gasteiger charge is 2.15. The van der Waals surface area contributed by atoms with E-state index in [2.05, 4.69) is 26.5 Å². The molecule has 0 aromatic rings. The molecule has 0 bridgehead atoms. The Morgan fingerprint density at radius 3 is 2.31 bits per heavy atom. The molecule has 0 radical (unpaired) electrons. The summed E-state index contributed by atoms with van der Waals surface area (Å²) in [6.07, 6.45) is 1.28. The van der Waals surface area contributed by atoms with E-state index in [-0.39, 0.29) is 11.2 Å². The summed E-state index contributed by atoms with van der Waals surface area (Å²) in [7, 11) is -2.79. The zero-order valence-corrected chi connectivity index (χ0v) is 10.9. The van der Waals surface area contributed by atoms with Gasteiger partial charge in [0.25, 0.3) is 0 Å². The fourth-order valence-corrected chi connectivity index (χ4v) is 3.35. The van der Waals surface area contributed by atoms with Crippen molar-refractivity contribution in [1.29, 1.82) is 0 Å². The topological polar surface area (TPSA) is 34.1 Å². The predicted octanol–water partition coefficient (Wildman–Crippen LogP) is 1.72. The Morgan fingerprint density at radius 1 is 1.38 bits per heavy atom. The highest BCUT2D eigenvalue weighted by molar-refractivity contribution is 8.00. The third-order valence-corrected chi connectivity index (χ3v) is 5.06. The summed E-state index contributed by atoms with van der Waals surface area (Å²) in [5, 5.41) is 0. The standard InChI is InChI=1S/C8H18O2S3/c1-8(2,6-11)7-12-4-5-13(3,9)10/h11H,4-7H2,1-3H3. The zero-order valence-electron chi connectivity index (χ0n) is 8.41. The van der Waals surface area contributed by atoms with E-state index in [0.717, 1.165) is 11.5 Å². The Morgan fingerprint density at radius 2 is 1.92 bits per heavy atom. The molecule has 13 heavy (non-hydrogen) atoms. The van der Waals surface area contributed by atoms with E-state index < -0.39 is 9.84 Å². The second-order valence-corrected chi connectivity index (χ2v) is 7.69. The quantitative estimate of drug-likeness (QED) is 0.569. The lowest BCUT2D eigenvalue weighted by Crippen LogP contribution is -2.17. The molecule has 0 atom stereocenters. The first-order chi connectivity index (χ1) is 5.77. The smallest absolute Gasteiger partial charge is 0.148 e. The molecular formula is C8H18O2S3. The molecule has 0 aliphatic heterocycles. The SMILES string of the molecule is CC(C)(CS)CSCCS(C)(=O)=O. The van der Waals surface area contributed by atoms with Gasteiger partial charge in [-0.2, -0.15) is 24.4 Å². The average Bonchev–Trinajstić information content (AvgIpc) is 1.97. The van der Waals surface area contributed by atoms with Gasteiger partial charge in [-0.3, -0.25) is 0 Å². The fourth-order valence-electron chi connectivity index (χ4n) is 0.604. The van der Waals surface area contributed by atoms with Crippen molar-refractivity contribution in [3.63, 3.8) is 0 Å². The molecule has 0 spiro atoms. The normalized spacial score (nSPS) is 13.2. The van der Waals surface area contributed by atoms with E-state index in [9.17, 15) is 8.42 Å². The molecule has 80 valence electrons. The Hall–Kier alpha value is 0.650. The predicted molar refractivity (Wildman–Crippen MR) is 64.7 cm³/mol. The van der Waals surface area contributed by atoms with Crippen LogP contribution in [0.2, 0.25) is 0 Å². The average molecular weight is 242 g/mol. The van der Waals surface area contributed by atoms with Gasteiger partial charge in [-0.1, -0.05) is 13.8 Å². The molecular weight excluding hydrogens is 224 g/mol. The van der Waals surface area contributed by atoms with Crippen LogP contribution in [0.15, 0.2) is 0 Å². The van der Waals surface area contributed by atoms with E-state index in [1.54, 1.807) is 11.8 Å². The van der Waals surface area contributed by atoms with Crippen molar-refractivity contribution >= 4 is 34.2 Å². The van der Waals surface area contributed by atoms with Gasteiger partial charge in [-0.05, 0) is 16.9 Å². The van der Waals surface area contributed by atoms with Crippen LogP contribution in [0.3, 0.4) is 0 Å². The maximum Gasteiger partial charge on any atom is 0.148 e. The molecule has 0 N–H and O–H groups in total. The molecule has 2 nitrogen and oxygen atoms in total. The molecule has 0 aromatic carbocycles.